The monoisotopic (exact) mass is 588 g/mol. The molecule has 1 N–H and O–H groups in total. The Morgan fingerprint density at radius 2 is 1.33 bits per heavy atom. The first-order chi connectivity index (χ1) is 20.6. The number of hydrogen-bond donors (Lipinski definition) is 1. The number of fused-ring (bicyclic) bond motifs is 1. The Balaban J connectivity index is 1.14. The van der Waals surface area contributed by atoms with Gasteiger partial charge in [0, 0.05) is 16.7 Å². The highest BCUT2D eigenvalue weighted by atomic mass is 32.1. The van der Waals surface area contributed by atoms with E-state index in [1.165, 1.54) is 11.3 Å². The number of thiazole rings is 1. The first-order valence-corrected chi connectivity index (χ1v) is 14.2. The number of anilines is 1. The van der Waals surface area contributed by atoms with Crippen LogP contribution < -0.4 is 10.1 Å². The third-order valence-corrected chi connectivity index (χ3v) is 6.76. The number of hydrogen-bond acceptors (Lipinski definition) is 9. The van der Waals surface area contributed by atoms with E-state index in [0.29, 0.717) is 87.0 Å². The smallest absolute Gasteiger partial charge is 0.257 e. The fourth-order valence-electron chi connectivity index (χ4n) is 3.76. The van der Waals surface area contributed by atoms with E-state index in [9.17, 15) is 9.59 Å². The molecule has 42 heavy (non-hydrogen) atoms. The SMILES string of the molecule is C#CCOCCOCCOCCOCCOc1ccc2nc(NC(=O)c3ccc(C(=O)c4ccccc4)cc3)sc2c1. The summed E-state index contributed by atoms with van der Waals surface area (Å²) in [6.45, 7) is 3.94. The van der Waals surface area contributed by atoms with Gasteiger partial charge < -0.3 is 23.7 Å². The summed E-state index contributed by atoms with van der Waals surface area (Å²) in [5.74, 6) is 2.69. The Morgan fingerprint density at radius 3 is 2.00 bits per heavy atom. The summed E-state index contributed by atoms with van der Waals surface area (Å²) in [5, 5.41) is 3.31. The van der Waals surface area contributed by atoms with Gasteiger partial charge in [0.25, 0.3) is 5.91 Å². The van der Waals surface area contributed by atoms with Gasteiger partial charge in [-0.25, -0.2) is 4.98 Å². The summed E-state index contributed by atoms with van der Waals surface area (Å²) >= 11 is 1.35. The standard InChI is InChI=1S/C32H32N2O7S/c1-2-14-37-15-16-38-17-18-39-19-20-40-21-22-41-27-12-13-28-29(23-27)42-32(33-28)34-31(36)26-10-8-25(9-11-26)30(35)24-6-4-3-5-7-24/h1,3-13,23H,14-22H2,(H,33,34,36). The number of ketones is 1. The van der Waals surface area contributed by atoms with Gasteiger partial charge in [0.05, 0.1) is 56.5 Å². The average Bonchev–Trinajstić information content (AvgIpc) is 3.43. The van der Waals surface area contributed by atoms with Gasteiger partial charge in [-0.05, 0) is 30.3 Å². The molecule has 0 spiro atoms. The average molecular weight is 589 g/mol. The Morgan fingerprint density at radius 1 is 0.738 bits per heavy atom. The largest absolute Gasteiger partial charge is 0.491 e. The van der Waals surface area contributed by atoms with Crippen LogP contribution in [0.1, 0.15) is 26.3 Å². The van der Waals surface area contributed by atoms with Gasteiger partial charge in [0.2, 0.25) is 0 Å². The molecule has 0 bridgehead atoms. The van der Waals surface area contributed by atoms with Crippen molar-refractivity contribution in [3.8, 4) is 18.1 Å². The quantitative estimate of drug-likeness (QED) is 0.0999. The fraction of sp³-hybridized carbons (Fsp3) is 0.281. The van der Waals surface area contributed by atoms with E-state index in [-0.39, 0.29) is 11.7 Å². The number of carbonyl (C=O) groups is 2. The number of nitrogens with one attached hydrogen (secondary N) is 1. The maximum atomic E-state index is 12.8. The molecule has 0 aliphatic rings. The summed E-state index contributed by atoms with van der Waals surface area (Å²) in [6, 6.07) is 21.2. The number of ether oxygens (including phenoxy) is 5. The molecule has 0 aliphatic heterocycles. The lowest BCUT2D eigenvalue weighted by Crippen LogP contribution is -2.13. The van der Waals surface area contributed by atoms with Crippen molar-refractivity contribution in [1.29, 1.82) is 0 Å². The minimum atomic E-state index is -0.302. The first-order valence-electron chi connectivity index (χ1n) is 13.4. The first kappa shape index (κ1) is 30.8. The van der Waals surface area contributed by atoms with Crippen molar-refractivity contribution >= 4 is 38.4 Å². The van der Waals surface area contributed by atoms with Crippen molar-refractivity contribution in [2.24, 2.45) is 0 Å². The van der Waals surface area contributed by atoms with Crippen molar-refractivity contribution in [2.45, 2.75) is 0 Å². The molecular formula is C32H32N2O7S. The van der Waals surface area contributed by atoms with E-state index in [4.69, 9.17) is 30.1 Å². The fourth-order valence-corrected chi connectivity index (χ4v) is 4.65. The van der Waals surface area contributed by atoms with Gasteiger partial charge in [-0.2, -0.15) is 0 Å². The van der Waals surface area contributed by atoms with Crippen LogP contribution in [-0.4, -0.2) is 76.1 Å². The third kappa shape index (κ3) is 9.76. The number of aromatic nitrogens is 1. The van der Waals surface area contributed by atoms with Gasteiger partial charge in [0.15, 0.2) is 10.9 Å². The highest BCUT2D eigenvalue weighted by Crippen LogP contribution is 2.29. The topological polar surface area (TPSA) is 105 Å². The van der Waals surface area contributed by atoms with Crippen LogP contribution in [0.25, 0.3) is 10.2 Å². The minimum Gasteiger partial charge on any atom is -0.491 e. The second-order valence-corrected chi connectivity index (χ2v) is 9.85. The lowest BCUT2D eigenvalue weighted by atomic mass is 10.0. The van der Waals surface area contributed by atoms with Crippen molar-refractivity contribution in [1.82, 2.24) is 4.98 Å². The molecule has 1 amide bonds. The van der Waals surface area contributed by atoms with Gasteiger partial charge in [-0.3, -0.25) is 14.9 Å². The molecular weight excluding hydrogens is 556 g/mol. The zero-order valence-corrected chi connectivity index (χ0v) is 23.9. The van der Waals surface area contributed by atoms with Gasteiger partial charge in [0.1, 0.15) is 19.0 Å². The van der Waals surface area contributed by atoms with Gasteiger partial charge in [-0.1, -0.05) is 59.7 Å². The second kappa shape index (κ2) is 17.0. The third-order valence-electron chi connectivity index (χ3n) is 5.82. The summed E-state index contributed by atoms with van der Waals surface area (Å²) in [6.07, 6.45) is 5.09. The Bertz CT molecular complexity index is 1470. The van der Waals surface area contributed by atoms with E-state index < -0.39 is 0 Å². The molecule has 9 nitrogen and oxygen atoms in total. The Hall–Kier alpha value is -4.11. The van der Waals surface area contributed by atoms with Crippen LogP contribution in [0.15, 0.2) is 72.8 Å². The summed E-state index contributed by atoms with van der Waals surface area (Å²) in [7, 11) is 0. The minimum absolute atomic E-state index is 0.0933. The molecule has 0 unspecified atom stereocenters. The van der Waals surface area contributed by atoms with Crippen LogP contribution in [0.3, 0.4) is 0 Å². The van der Waals surface area contributed by atoms with E-state index in [1.807, 2.05) is 36.4 Å². The number of rotatable bonds is 18. The molecule has 0 aliphatic carbocycles. The molecule has 1 aromatic heterocycles. The molecule has 0 saturated carbocycles. The van der Waals surface area contributed by atoms with Crippen LogP contribution >= 0.6 is 11.3 Å². The van der Waals surface area contributed by atoms with E-state index in [0.717, 1.165) is 10.2 Å². The predicted octanol–water partition coefficient (Wildman–Crippen LogP) is 4.86. The molecule has 1 heterocycles. The highest BCUT2D eigenvalue weighted by molar-refractivity contribution is 7.22. The number of nitrogens with zero attached hydrogens (tertiary/aromatic N) is 1. The molecule has 0 saturated heterocycles. The number of benzene rings is 3. The van der Waals surface area contributed by atoms with Crippen molar-refractivity contribution in [3.05, 3.63) is 89.5 Å². The predicted molar refractivity (Wildman–Crippen MR) is 161 cm³/mol. The zero-order chi connectivity index (χ0) is 29.4. The highest BCUT2D eigenvalue weighted by Gasteiger charge is 2.13. The maximum absolute atomic E-state index is 12.8. The van der Waals surface area contributed by atoms with Crippen LogP contribution in [0.5, 0.6) is 5.75 Å². The Labute approximate surface area is 248 Å². The van der Waals surface area contributed by atoms with E-state index in [1.54, 1.807) is 36.4 Å². The number of amides is 1. The van der Waals surface area contributed by atoms with Gasteiger partial charge >= 0.3 is 0 Å². The molecule has 10 heteroatoms. The van der Waals surface area contributed by atoms with Gasteiger partial charge in [-0.15, -0.1) is 6.42 Å². The zero-order valence-electron chi connectivity index (χ0n) is 23.1. The van der Waals surface area contributed by atoms with Crippen LogP contribution in [-0.2, 0) is 18.9 Å². The number of carbonyl (C=O) groups excluding carboxylic acids is 2. The molecule has 0 fully saturated rings. The lowest BCUT2D eigenvalue weighted by molar-refractivity contribution is -0.00186. The lowest BCUT2D eigenvalue weighted by Gasteiger charge is -2.08. The van der Waals surface area contributed by atoms with Crippen molar-refractivity contribution in [2.75, 3.05) is 64.8 Å². The van der Waals surface area contributed by atoms with E-state index >= 15 is 0 Å². The molecule has 0 atom stereocenters. The summed E-state index contributed by atoms with van der Waals surface area (Å²) in [5.41, 5.74) is 2.31. The van der Waals surface area contributed by atoms with Crippen LogP contribution in [0, 0.1) is 12.3 Å². The van der Waals surface area contributed by atoms with Crippen LogP contribution in [0.2, 0.25) is 0 Å². The van der Waals surface area contributed by atoms with Crippen molar-refractivity contribution < 1.29 is 33.3 Å². The summed E-state index contributed by atoms with van der Waals surface area (Å²) < 4.78 is 28.1. The molecule has 0 radical (unpaired) electrons. The second-order valence-electron chi connectivity index (χ2n) is 8.82. The molecule has 218 valence electrons. The number of terminal acetylenes is 1. The van der Waals surface area contributed by atoms with Crippen molar-refractivity contribution in [3.63, 3.8) is 0 Å². The maximum Gasteiger partial charge on any atom is 0.257 e. The normalized spacial score (nSPS) is 10.8. The molecule has 4 aromatic rings. The Kier molecular flexibility index (Phi) is 12.5. The molecule has 3 aromatic carbocycles. The molecule has 4 rings (SSSR count). The summed E-state index contributed by atoms with van der Waals surface area (Å²) in [4.78, 5) is 29.9. The van der Waals surface area contributed by atoms with Crippen LogP contribution in [0.4, 0.5) is 5.13 Å². The van der Waals surface area contributed by atoms with E-state index in [2.05, 4.69) is 16.2 Å².